The molecule has 2 atom stereocenters. The molecule has 1 heterocycles. The van der Waals surface area contributed by atoms with Crippen LogP contribution in [0.5, 0.6) is 0 Å². The van der Waals surface area contributed by atoms with E-state index in [0.717, 1.165) is 23.4 Å². The number of hydrogen-bond acceptors (Lipinski definition) is 1. The summed E-state index contributed by atoms with van der Waals surface area (Å²) in [5.41, 5.74) is 1.46. The molecule has 0 radical (unpaired) electrons. The molecule has 1 nitrogen and oxygen atoms in total. The van der Waals surface area contributed by atoms with Crippen LogP contribution in [0.2, 0.25) is 5.02 Å². The van der Waals surface area contributed by atoms with Crippen molar-refractivity contribution in [2.24, 2.45) is 5.92 Å². The van der Waals surface area contributed by atoms with Gasteiger partial charge in [0.2, 0.25) is 0 Å². The molecule has 0 aromatic heterocycles. The van der Waals surface area contributed by atoms with Crippen LogP contribution in [0.25, 0.3) is 0 Å². The third-order valence-corrected chi connectivity index (χ3v) is 3.82. The van der Waals surface area contributed by atoms with Crippen LogP contribution in [0.1, 0.15) is 37.7 Å². The van der Waals surface area contributed by atoms with Crippen molar-refractivity contribution >= 4 is 24.0 Å². The molecule has 0 spiro atoms. The molecular formula is C14H21Cl2N. The normalized spacial score (nSPS) is 24.1. The van der Waals surface area contributed by atoms with Crippen molar-refractivity contribution in [3.63, 3.8) is 0 Å². The monoisotopic (exact) mass is 273 g/mol. The fraction of sp³-hybridized carbons (Fsp3) is 0.571. The highest BCUT2D eigenvalue weighted by Crippen LogP contribution is 2.33. The Hall–Kier alpha value is -0.240. The van der Waals surface area contributed by atoms with E-state index in [1.165, 1.54) is 31.4 Å². The third-order valence-electron chi connectivity index (χ3n) is 3.57. The predicted octanol–water partition coefficient (Wildman–Crippen LogP) is 4.26. The summed E-state index contributed by atoms with van der Waals surface area (Å²) in [6.07, 6.45) is 3.85. The second-order valence-electron chi connectivity index (χ2n) is 4.70. The number of halogens is 2. The molecule has 0 aliphatic carbocycles. The van der Waals surface area contributed by atoms with Crippen molar-refractivity contribution in [1.82, 2.24) is 5.32 Å². The lowest BCUT2D eigenvalue weighted by Crippen LogP contribution is -2.35. The van der Waals surface area contributed by atoms with E-state index in [-0.39, 0.29) is 12.4 Å². The molecule has 1 aliphatic rings. The van der Waals surface area contributed by atoms with Crippen LogP contribution in [0.15, 0.2) is 24.3 Å². The van der Waals surface area contributed by atoms with Gasteiger partial charge in [-0.05, 0) is 55.5 Å². The topological polar surface area (TPSA) is 12.0 Å². The van der Waals surface area contributed by atoms with E-state index in [9.17, 15) is 0 Å². The average molecular weight is 274 g/mol. The smallest absolute Gasteiger partial charge is 0.0406 e. The van der Waals surface area contributed by atoms with Crippen LogP contribution < -0.4 is 5.32 Å². The van der Waals surface area contributed by atoms with Crippen LogP contribution in [-0.2, 0) is 0 Å². The highest BCUT2D eigenvalue weighted by molar-refractivity contribution is 6.30. The van der Waals surface area contributed by atoms with Gasteiger partial charge >= 0.3 is 0 Å². The van der Waals surface area contributed by atoms with Gasteiger partial charge in [0.1, 0.15) is 0 Å². The van der Waals surface area contributed by atoms with Crippen LogP contribution >= 0.6 is 24.0 Å². The van der Waals surface area contributed by atoms with E-state index in [2.05, 4.69) is 24.4 Å². The lowest BCUT2D eigenvalue weighted by molar-refractivity contribution is 0.307. The first-order chi connectivity index (χ1) is 7.81. The molecule has 1 N–H and O–H groups in total. The maximum atomic E-state index is 5.94. The third kappa shape index (κ3) is 3.87. The standard InChI is InChI=1S/C14H20ClN.ClH/c1-2-3-12-10-16-9-8-14(12)11-4-6-13(15)7-5-11;/h4-7,12,14,16H,2-3,8-10H2,1H3;1H/t12-,14+;/m0./s1. The molecular weight excluding hydrogens is 253 g/mol. The summed E-state index contributed by atoms with van der Waals surface area (Å²) >= 11 is 5.94. The summed E-state index contributed by atoms with van der Waals surface area (Å²) in [4.78, 5) is 0. The molecule has 1 aromatic carbocycles. The minimum atomic E-state index is 0. The zero-order chi connectivity index (χ0) is 11.4. The minimum absolute atomic E-state index is 0. The van der Waals surface area contributed by atoms with E-state index in [1.807, 2.05) is 12.1 Å². The van der Waals surface area contributed by atoms with E-state index >= 15 is 0 Å². The lowest BCUT2D eigenvalue weighted by Gasteiger charge is -2.32. The highest BCUT2D eigenvalue weighted by Gasteiger charge is 2.25. The Morgan fingerprint density at radius 1 is 1.29 bits per heavy atom. The summed E-state index contributed by atoms with van der Waals surface area (Å²) < 4.78 is 0. The first-order valence-corrected chi connectivity index (χ1v) is 6.65. The van der Waals surface area contributed by atoms with Crippen LogP contribution in [-0.4, -0.2) is 13.1 Å². The van der Waals surface area contributed by atoms with Gasteiger partial charge < -0.3 is 5.32 Å². The van der Waals surface area contributed by atoms with E-state index in [4.69, 9.17) is 11.6 Å². The molecule has 0 bridgehead atoms. The number of benzene rings is 1. The van der Waals surface area contributed by atoms with Gasteiger partial charge in [-0.2, -0.15) is 0 Å². The van der Waals surface area contributed by atoms with Gasteiger partial charge in [-0.1, -0.05) is 37.1 Å². The van der Waals surface area contributed by atoms with Gasteiger partial charge in [0, 0.05) is 5.02 Å². The van der Waals surface area contributed by atoms with Crippen molar-refractivity contribution in [1.29, 1.82) is 0 Å². The lowest BCUT2D eigenvalue weighted by atomic mass is 9.79. The van der Waals surface area contributed by atoms with E-state index in [0.29, 0.717) is 0 Å². The van der Waals surface area contributed by atoms with Crippen molar-refractivity contribution in [2.75, 3.05) is 13.1 Å². The number of hydrogen-bond donors (Lipinski definition) is 1. The second-order valence-corrected chi connectivity index (χ2v) is 5.14. The molecule has 1 fully saturated rings. The molecule has 96 valence electrons. The number of rotatable bonds is 3. The molecule has 1 aromatic rings. The first kappa shape index (κ1) is 14.8. The number of piperidine rings is 1. The molecule has 0 unspecified atom stereocenters. The van der Waals surface area contributed by atoms with Crippen molar-refractivity contribution in [2.45, 2.75) is 32.1 Å². The molecule has 17 heavy (non-hydrogen) atoms. The van der Waals surface area contributed by atoms with Gasteiger partial charge in [-0.15, -0.1) is 12.4 Å². The summed E-state index contributed by atoms with van der Waals surface area (Å²) in [7, 11) is 0. The maximum Gasteiger partial charge on any atom is 0.0406 e. The molecule has 1 aliphatic heterocycles. The number of nitrogens with one attached hydrogen (secondary N) is 1. The van der Waals surface area contributed by atoms with E-state index in [1.54, 1.807) is 0 Å². The SMILES string of the molecule is CCC[C@H]1CNCC[C@@H]1c1ccc(Cl)cc1.Cl. The maximum absolute atomic E-state index is 5.94. The summed E-state index contributed by atoms with van der Waals surface area (Å²) in [6, 6.07) is 8.42. The molecule has 2 rings (SSSR count). The summed E-state index contributed by atoms with van der Waals surface area (Å²) in [5, 5.41) is 4.34. The molecule has 0 saturated carbocycles. The van der Waals surface area contributed by atoms with Crippen LogP contribution in [0.3, 0.4) is 0 Å². The fourth-order valence-corrected chi connectivity index (χ4v) is 2.87. The predicted molar refractivity (Wildman–Crippen MR) is 77.3 cm³/mol. The van der Waals surface area contributed by atoms with Gasteiger partial charge in [0.25, 0.3) is 0 Å². The minimum Gasteiger partial charge on any atom is -0.316 e. The molecule has 3 heteroatoms. The highest BCUT2D eigenvalue weighted by atomic mass is 35.5. The Morgan fingerprint density at radius 2 is 2.00 bits per heavy atom. The van der Waals surface area contributed by atoms with Gasteiger partial charge in [0.15, 0.2) is 0 Å². The largest absolute Gasteiger partial charge is 0.316 e. The van der Waals surface area contributed by atoms with Crippen LogP contribution in [0.4, 0.5) is 0 Å². The van der Waals surface area contributed by atoms with Gasteiger partial charge in [-0.25, -0.2) is 0 Å². The van der Waals surface area contributed by atoms with Gasteiger partial charge in [0.05, 0.1) is 0 Å². The Kier molecular flexibility index (Phi) is 6.32. The molecule has 1 saturated heterocycles. The Labute approximate surface area is 115 Å². The van der Waals surface area contributed by atoms with Crippen molar-refractivity contribution < 1.29 is 0 Å². The summed E-state index contributed by atoms with van der Waals surface area (Å²) in [6.45, 7) is 4.59. The second kappa shape index (κ2) is 7.25. The van der Waals surface area contributed by atoms with Gasteiger partial charge in [-0.3, -0.25) is 0 Å². The van der Waals surface area contributed by atoms with Crippen molar-refractivity contribution in [3.8, 4) is 0 Å². The molecule has 0 amide bonds. The average Bonchev–Trinajstić information content (AvgIpc) is 2.32. The summed E-state index contributed by atoms with van der Waals surface area (Å²) in [5.74, 6) is 1.51. The zero-order valence-corrected chi connectivity index (χ0v) is 11.9. The van der Waals surface area contributed by atoms with Crippen molar-refractivity contribution in [3.05, 3.63) is 34.9 Å². The first-order valence-electron chi connectivity index (χ1n) is 6.27. The fourth-order valence-electron chi connectivity index (χ4n) is 2.75. The zero-order valence-electron chi connectivity index (χ0n) is 10.3. The van der Waals surface area contributed by atoms with E-state index < -0.39 is 0 Å². The Morgan fingerprint density at radius 3 is 2.65 bits per heavy atom. The Balaban J connectivity index is 0.00000144. The van der Waals surface area contributed by atoms with Crippen LogP contribution in [0, 0.1) is 5.92 Å². The quantitative estimate of drug-likeness (QED) is 0.868. The Bertz CT molecular complexity index is 321.